The van der Waals surface area contributed by atoms with Crippen molar-refractivity contribution < 1.29 is 17.4 Å². The Morgan fingerprint density at radius 3 is 1.93 bits per heavy atom. The number of hydrogen-bond donors (Lipinski definition) is 2. The van der Waals surface area contributed by atoms with Gasteiger partial charge >= 0.3 is 0 Å². The van der Waals surface area contributed by atoms with Crippen molar-refractivity contribution in [2.24, 2.45) is 0 Å². The maximum atomic E-state index is 12.4. The van der Waals surface area contributed by atoms with E-state index in [0.717, 1.165) is 5.56 Å². The minimum Gasteiger partial charge on any atom is -0.322 e. The van der Waals surface area contributed by atoms with Gasteiger partial charge in [-0.05, 0) is 67.6 Å². The number of benzene rings is 3. The van der Waals surface area contributed by atoms with Gasteiger partial charge in [-0.15, -0.1) is 0 Å². The summed E-state index contributed by atoms with van der Waals surface area (Å²) in [7, 11) is -4.78. The van der Waals surface area contributed by atoms with Crippen LogP contribution in [-0.4, -0.2) is 24.8 Å². The molecule has 150 valence electrons. The first-order valence-corrected chi connectivity index (χ1v) is 11.7. The maximum absolute atomic E-state index is 12.4. The molecule has 0 aliphatic carbocycles. The van der Waals surface area contributed by atoms with Crippen molar-refractivity contribution in [1.82, 2.24) is 0 Å². The van der Waals surface area contributed by atoms with E-state index in [-0.39, 0.29) is 10.8 Å². The van der Waals surface area contributed by atoms with E-state index >= 15 is 0 Å². The van der Waals surface area contributed by atoms with Crippen molar-refractivity contribution in [3.8, 4) is 0 Å². The molecule has 0 spiro atoms. The lowest BCUT2D eigenvalue weighted by atomic mass is 10.2. The molecule has 2 N–H and O–H groups in total. The van der Waals surface area contributed by atoms with Gasteiger partial charge in [0.1, 0.15) is 0 Å². The van der Waals surface area contributed by atoms with Crippen LogP contribution in [-0.2, 0) is 20.8 Å². The third-order valence-electron chi connectivity index (χ3n) is 4.17. The van der Waals surface area contributed by atoms with Crippen LogP contribution in [0.15, 0.2) is 82.6 Å². The second-order valence-electron chi connectivity index (χ2n) is 6.43. The highest BCUT2D eigenvalue weighted by molar-refractivity contribution is 7.92. The van der Waals surface area contributed by atoms with Gasteiger partial charge in [0.2, 0.25) is 0 Å². The van der Waals surface area contributed by atoms with Crippen molar-refractivity contribution in [2.75, 3.05) is 16.3 Å². The van der Waals surface area contributed by atoms with Gasteiger partial charge in [0.25, 0.3) is 15.9 Å². The third-order valence-corrected chi connectivity index (χ3v) is 6.51. The Morgan fingerprint density at radius 1 is 0.828 bits per heavy atom. The van der Waals surface area contributed by atoms with Gasteiger partial charge in [0, 0.05) is 38.9 Å². The average molecular weight is 429 g/mol. The summed E-state index contributed by atoms with van der Waals surface area (Å²) >= 11 is 0. The number of aryl methyl sites for hydroxylation is 1. The SMILES string of the molecule is Cc1ccc(S(=O)(=O)Nc2ccc(NC(=O)c3ccc(S(C)=O)cc3)cc2)cc1. The summed E-state index contributed by atoms with van der Waals surface area (Å²) < 4.78 is 38.8. The Hall–Kier alpha value is -2.97. The molecule has 6 nitrogen and oxygen atoms in total. The van der Waals surface area contributed by atoms with Gasteiger partial charge in [0.15, 0.2) is 0 Å². The lowest BCUT2D eigenvalue weighted by molar-refractivity contribution is 0.102. The van der Waals surface area contributed by atoms with E-state index in [9.17, 15) is 17.4 Å². The van der Waals surface area contributed by atoms with E-state index < -0.39 is 20.8 Å². The number of amides is 1. The van der Waals surface area contributed by atoms with Crippen LogP contribution in [0, 0.1) is 6.92 Å². The summed E-state index contributed by atoms with van der Waals surface area (Å²) in [6.45, 7) is 1.88. The second kappa shape index (κ2) is 8.59. The molecule has 3 rings (SSSR count). The monoisotopic (exact) mass is 428 g/mol. The molecular formula is C21H20N2O4S2. The van der Waals surface area contributed by atoms with E-state index in [1.165, 1.54) is 0 Å². The van der Waals surface area contributed by atoms with Crippen molar-refractivity contribution >= 4 is 38.1 Å². The first-order chi connectivity index (χ1) is 13.7. The molecule has 29 heavy (non-hydrogen) atoms. The predicted octanol–water partition coefficient (Wildman–Crippen LogP) is 3.79. The summed E-state index contributed by atoms with van der Waals surface area (Å²) in [6, 6.07) is 19.4. The molecule has 0 saturated carbocycles. The Balaban J connectivity index is 1.67. The van der Waals surface area contributed by atoms with Gasteiger partial charge in [0.05, 0.1) is 4.90 Å². The molecule has 0 aliphatic heterocycles. The molecule has 0 aliphatic rings. The van der Waals surface area contributed by atoms with Gasteiger partial charge < -0.3 is 5.32 Å². The van der Waals surface area contributed by atoms with E-state index in [1.54, 1.807) is 79.1 Å². The Morgan fingerprint density at radius 2 is 1.38 bits per heavy atom. The van der Waals surface area contributed by atoms with Crippen molar-refractivity contribution in [1.29, 1.82) is 0 Å². The molecule has 0 fully saturated rings. The maximum Gasteiger partial charge on any atom is 0.261 e. The van der Waals surface area contributed by atoms with Gasteiger partial charge in [-0.1, -0.05) is 17.7 Å². The number of anilines is 2. The van der Waals surface area contributed by atoms with Gasteiger partial charge in [-0.3, -0.25) is 13.7 Å². The van der Waals surface area contributed by atoms with Crippen LogP contribution in [0.4, 0.5) is 11.4 Å². The molecule has 3 aromatic rings. The van der Waals surface area contributed by atoms with Gasteiger partial charge in [-0.2, -0.15) is 0 Å². The molecule has 0 radical (unpaired) electrons. The topological polar surface area (TPSA) is 92.3 Å². The average Bonchev–Trinajstić information content (AvgIpc) is 2.69. The predicted molar refractivity (Wildman–Crippen MR) is 115 cm³/mol. The summed E-state index contributed by atoms with van der Waals surface area (Å²) in [6.07, 6.45) is 1.57. The Kier molecular flexibility index (Phi) is 6.14. The molecular weight excluding hydrogens is 408 g/mol. The normalized spacial score (nSPS) is 12.2. The van der Waals surface area contributed by atoms with E-state index in [0.29, 0.717) is 21.8 Å². The van der Waals surface area contributed by atoms with Crippen LogP contribution in [0.5, 0.6) is 0 Å². The quantitative estimate of drug-likeness (QED) is 0.625. The van der Waals surface area contributed by atoms with Crippen LogP contribution in [0.2, 0.25) is 0 Å². The Labute approximate surface area is 172 Å². The van der Waals surface area contributed by atoms with Crippen LogP contribution in [0.3, 0.4) is 0 Å². The van der Waals surface area contributed by atoms with Crippen LogP contribution >= 0.6 is 0 Å². The molecule has 0 aromatic heterocycles. The number of hydrogen-bond acceptors (Lipinski definition) is 4. The molecule has 0 heterocycles. The fourth-order valence-corrected chi connectivity index (χ4v) is 4.13. The zero-order valence-electron chi connectivity index (χ0n) is 15.9. The largest absolute Gasteiger partial charge is 0.322 e. The van der Waals surface area contributed by atoms with E-state index in [2.05, 4.69) is 10.0 Å². The molecule has 1 amide bonds. The van der Waals surface area contributed by atoms with Crippen molar-refractivity contribution in [2.45, 2.75) is 16.7 Å². The number of rotatable bonds is 6. The first kappa shape index (κ1) is 20.8. The number of nitrogens with one attached hydrogen (secondary N) is 2. The number of carbonyl (C=O) groups excluding carboxylic acids is 1. The third kappa shape index (κ3) is 5.30. The summed E-state index contributed by atoms with van der Waals surface area (Å²) in [5, 5.41) is 2.74. The standard InChI is InChI=1S/C21H20N2O4S2/c1-15-3-13-20(14-4-15)29(26,27)23-18-9-7-17(8-10-18)22-21(24)16-5-11-19(12-6-16)28(2)25/h3-14,23H,1-2H3,(H,22,24). The second-order valence-corrected chi connectivity index (χ2v) is 9.49. The van der Waals surface area contributed by atoms with Crippen LogP contribution < -0.4 is 10.0 Å². The van der Waals surface area contributed by atoms with Crippen molar-refractivity contribution in [3.05, 3.63) is 83.9 Å². The first-order valence-electron chi connectivity index (χ1n) is 8.69. The lowest BCUT2D eigenvalue weighted by Gasteiger charge is -2.10. The number of carbonyl (C=O) groups is 1. The Bertz CT molecular complexity index is 1140. The van der Waals surface area contributed by atoms with Gasteiger partial charge in [-0.25, -0.2) is 8.42 Å². The smallest absolute Gasteiger partial charge is 0.261 e. The highest BCUT2D eigenvalue weighted by Crippen LogP contribution is 2.19. The minimum absolute atomic E-state index is 0.178. The summed E-state index contributed by atoms with van der Waals surface area (Å²) in [5.41, 5.74) is 2.32. The highest BCUT2D eigenvalue weighted by Gasteiger charge is 2.14. The molecule has 3 aromatic carbocycles. The van der Waals surface area contributed by atoms with Crippen LogP contribution in [0.25, 0.3) is 0 Å². The van der Waals surface area contributed by atoms with E-state index in [1.807, 2.05) is 6.92 Å². The molecule has 1 unspecified atom stereocenters. The van der Waals surface area contributed by atoms with E-state index in [4.69, 9.17) is 0 Å². The molecule has 1 atom stereocenters. The summed E-state index contributed by atoms with van der Waals surface area (Å²) in [5.74, 6) is -0.313. The fraction of sp³-hybridized carbons (Fsp3) is 0.0952. The van der Waals surface area contributed by atoms with Crippen molar-refractivity contribution in [3.63, 3.8) is 0 Å². The minimum atomic E-state index is -3.68. The molecule has 8 heteroatoms. The summed E-state index contributed by atoms with van der Waals surface area (Å²) in [4.78, 5) is 13.1. The van der Waals surface area contributed by atoms with Crippen LogP contribution in [0.1, 0.15) is 15.9 Å². The molecule has 0 bridgehead atoms. The zero-order chi connectivity index (χ0) is 21.0. The molecule has 0 saturated heterocycles. The zero-order valence-corrected chi connectivity index (χ0v) is 17.5. The lowest BCUT2D eigenvalue weighted by Crippen LogP contribution is -2.14. The highest BCUT2D eigenvalue weighted by atomic mass is 32.2. The number of sulfonamides is 1. The fourth-order valence-electron chi connectivity index (χ4n) is 2.55.